The molecule has 188 valence electrons. The van der Waals surface area contributed by atoms with E-state index < -0.39 is 34.7 Å². The van der Waals surface area contributed by atoms with E-state index in [1.165, 1.54) is 24.3 Å². The maximum atomic E-state index is 13.0. The molecule has 8 N–H and O–H groups in total. The van der Waals surface area contributed by atoms with Gasteiger partial charge in [0.05, 0.1) is 4.92 Å². The Bertz CT molecular complexity index is 1040. The number of hydrogen-bond acceptors (Lipinski definition) is 6. The van der Waals surface area contributed by atoms with E-state index in [0.29, 0.717) is 6.42 Å². The summed E-state index contributed by atoms with van der Waals surface area (Å²) in [7, 11) is 0. The van der Waals surface area contributed by atoms with Crippen LogP contribution in [0, 0.1) is 10.1 Å². The highest BCUT2D eigenvalue weighted by atomic mass is 35.5. The predicted octanol–water partition coefficient (Wildman–Crippen LogP) is -3.04. The van der Waals surface area contributed by atoms with Crippen LogP contribution in [0.25, 0.3) is 0 Å². The predicted molar refractivity (Wildman–Crippen MR) is 126 cm³/mol. The second-order valence-corrected chi connectivity index (χ2v) is 7.43. The fourth-order valence-electron chi connectivity index (χ4n) is 3.09. The highest BCUT2D eigenvalue weighted by molar-refractivity contribution is 5.98. The second kappa shape index (κ2) is 14.2. The van der Waals surface area contributed by atoms with Gasteiger partial charge >= 0.3 is 0 Å². The summed E-state index contributed by atoms with van der Waals surface area (Å²) >= 11 is 0. The van der Waals surface area contributed by atoms with Crippen molar-refractivity contribution < 1.29 is 31.7 Å². The van der Waals surface area contributed by atoms with Crippen LogP contribution >= 0.6 is 0 Å². The molecule has 2 atom stereocenters. The van der Waals surface area contributed by atoms with E-state index in [9.17, 15) is 24.5 Å². The van der Waals surface area contributed by atoms with Crippen LogP contribution in [-0.4, -0.2) is 47.2 Å². The van der Waals surface area contributed by atoms with Crippen molar-refractivity contribution in [3.8, 4) is 0 Å². The Hall–Kier alpha value is -4.19. The van der Waals surface area contributed by atoms with E-state index in [1.807, 2.05) is 6.07 Å². The van der Waals surface area contributed by atoms with E-state index in [2.05, 4.69) is 15.6 Å². The molecule has 12 nitrogen and oxygen atoms in total. The Kier molecular flexibility index (Phi) is 11.7. The Morgan fingerprint density at radius 1 is 0.943 bits per heavy atom. The molecule has 2 aromatic rings. The highest BCUT2D eigenvalue weighted by Crippen LogP contribution is 2.12. The molecule has 0 aliphatic rings. The number of nitro groups is 1. The number of nitro benzene ring substituents is 1. The molecular weight excluding hydrogens is 478 g/mol. The molecule has 0 radical (unpaired) electrons. The summed E-state index contributed by atoms with van der Waals surface area (Å²) in [5.74, 6) is -2.05. The molecular formula is C22H27ClN7O5-. The minimum absolute atomic E-state index is 0. The number of nitrogens with one attached hydrogen (secondary N) is 2. The third kappa shape index (κ3) is 9.68. The van der Waals surface area contributed by atoms with Crippen molar-refractivity contribution in [2.75, 3.05) is 6.54 Å². The number of nitrogens with two attached hydrogens (primary N) is 3. The molecule has 0 spiro atoms. The number of carbonyl (C=O) groups excluding carboxylic acids is 3. The summed E-state index contributed by atoms with van der Waals surface area (Å²) in [6, 6.07) is 11.9. The van der Waals surface area contributed by atoms with Crippen molar-refractivity contribution in [1.29, 1.82) is 0 Å². The van der Waals surface area contributed by atoms with Gasteiger partial charge < -0.3 is 40.2 Å². The van der Waals surface area contributed by atoms with Crippen LogP contribution in [0.15, 0.2) is 59.6 Å². The smallest absolute Gasteiger partial charge is 0.269 e. The lowest BCUT2D eigenvalue weighted by molar-refractivity contribution is -0.384. The summed E-state index contributed by atoms with van der Waals surface area (Å²) in [6.07, 6.45) is 0.702. The summed E-state index contributed by atoms with van der Waals surface area (Å²) in [5.41, 5.74) is 16.9. The molecule has 13 heteroatoms. The first-order valence-corrected chi connectivity index (χ1v) is 10.4. The maximum Gasteiger partial charge on any atom is 0.269 e. The lowest BCUT2D eigenvalue weighted by atomic mass is 10.0. The van der Waals surface area contributed by atoms with Crippen molar-refractivity contribution >= 4 is 29.4 Å². The van der Waals surface area contributed by atoms with E-state index in [-0.39, 0.29) is 49.0 Å². The molecule has 0 heterocycles. The van der Waals surface area contributed by atoms with Gasteiger partial charge in [0.15, 0.2) is 5.96 Å². The normalized spacial score (nSPS) is 11.8. The van der Waals surface area contributed by atoms with Gasteiger partial charge in [0, 0.05) is 30.7 Å². The number of benzene rings is 2. The Morgan fingerprint density at radius 2 is 1.57 bits per heavy atom. The summed E-state index contributed by atoms with van der Waals surface area (Å²) in [6.45, 7) is 0.225. The average Bonchev–Trinajstić information content (AvgIpc) is 2.80. The first kappa shape index (κ1) is 28.8. The zero-order chi connectivity index (χ0) is 25.1. The number of nitrogens with zero attached hydrogens (tertiary/aromatic N) is 2. The Balaban J connectivity index is 0.00000612. The Morgan fingerprint density at radius 3 is 2.11 bits per heavy atom. The van der Waals surface area contributed by atoms with Crippen molar-refractivity contribution in [1.82, 2.24) is 10.6 Å². The van der Waals surface area contributed by atoms with E-state index >= 15 is 0 Å². The maximum absolute atomic E-state index is 13.0. The quantitative estimate of drug-likeness (QED) is 0.0662. The third-order valence-corrected chi connectivity index (χ3v) is 4.85. The van der Waals surface area contributed by atoms with E-state index in [0.717, 1.165) is 5.56 Å². The zero-order valence-electron chi connectivity index (χ0n) is 18.7. The van der Waals surface area contributed by atoms with Gasteiger partial charge in [-0.05, 0) is 30.5 Å². The van der Waals surface area contributed by atoms with Crippen molar-refractivity contribution in [3.63, 3.8) is 0 Å². The van der Waals surface area contributed by atoms with Crippen LogP contribution in [0.3, 0.4) is 0 Å². The van der Waals surface area contributed by atoms with Gasteiger partial charge in [0.2, 0.25) is 11.8 Å². The minimum Gasteiger partial charge on any atom is -1.00 e. The number of guanidine groups is 1. The van der Waals surface area contributed by atoms with Crippen LogP contribution in [0.1, 0.15) is 28.8 Å². The molecule has 0 unspecified atom stereocenters. The lowest BCUT2D eigenvalue weighted by Gasteiger charge is -2.22. The number of rotatable bonds is 12. The number of halogens is 1. The van der Waals surface area contributed by atoms with Crippen LogP contribution in [0.4, 0.5) is 5.69 Å². The zero-order valence-corrected chi connectivity index (χ0v) is 19.5. The van der Waals surface area contributed by atoms with E-state index in [1.54, 1.807) is 24.3 Å². The second-order valence-electron chi connectivity index (χ2n) is 7.43. The van der Waals surface area contributed by atoms with Gasteiger partial charge in [-0.3, -0.25) is 29.5 Å². The number of amides is 3. The van der Waals surface area contributed by atoms with Crippen LogP contribution in [0.2, 0.25) is 0 Å². The topological polar surface area (TPSA) is 209 Å². The summed E-state index contributed by atoms with van der Waals surface area (Å²) < 4.78 is 0. The van der Waals surface area contributed by atoms with Crippen molar-refractivity contribution in [2.45, 2.75) is 31.3 Å². The average molecular weight is 505 g/mol. The molecule has 0 saturated carbocycles. The standard InChI is InChI=1S/C22H27N7O5.ClH/c23-19(30)18(13-14-5-2-1-3-6-14)28-21(32)17(7-4-12-26-22(24)25)27-20(31)15-8-10-16(11-9-15)29(33)34;/h1-3,5-6,8-11,17-18H,4,7,12-13H2,(H2,23,30)(H,27,31)(H,28,32)(H4,24,25,26);1H/p-1/t17-,18-;/m0./s1. The molecule has 0 aliphatic heterocycles. The highest BCUT2D eigenvalue weighted by Gasteiger charge is 2.26. The number of aliphatic imine (C=N–C) groups is 1. The van der Waals surface area contributed by atoms with Crippen LogP contribution in [0.5, 0.6) is 0 Å². The Labute approximate surface area is 207 Å². The van der Waals surface area contributed by atoms with Crippen LogP contribution in [-0.2, 0) is 16.0 Å². The molecule has 0 bridgehead atoms. The summed E-state index contributed by atoms with van der Waals surface area (Å²) in [4.78, 5) is 51.7. The fourth-order valence-corrected chi connectivity index (χ4v) is 3.09. The largest absolute Gasteiger partial charge is 1.00 e. The molecule has 0 aliphatic carbocycles. The molecule has 0 aromatic heterocycles. The molecule has 2 aromatic carbocycles. The number of primary amides is 1. The molecule has 0 fully saturated rings. The van der Waals surface area contributed by atoms with Gasteiger partial charge in [-0.1, -0.05) is 30.3 Å². The number of non-ortho nitro benzene ring substituents is 1. The molecule has 3 amide bonds. The van der Waals surface area contributed by atoms with Gasteiger partial charge in [0.25, 0.3) is 11.6 Å². The molecule has 35 heavy (non-hydrogen) atoms. The van der Waals surface area contributed by atoms with Gasteiger partial charge in [0.1, 0.15) is 12.1 Å². The molecule has 0 saturated heterocycles. The van der Waals surface area contributed by atoms with E-state index in [4.69, 9.17) is 17.2 Å². The minimum atomic E-state index is -1.03. The van der Waals surface area contributed by atoms with Gasteiger partial charge in [-0.2, -0.15) is 0 Å². The number of carbonyl (C=O) groups is 3. The van der Waals surface area contributed by atoms with Gasteiger partial charge in [-0.25, -0.2) is 0 Å². The summed E-state index contributed by atoms with van der Waals surface area (Å²) in [5, 5.41) is 16.0. The van der Waals surface area contributed by atoms with Crippen LogP contribution < -0.4 is 40.2 Å². The first-order chi connectivity index (χ1) is 16.2. The SMILES string of the molecule is NC(=O)[C@H](Cc1ccccc1)NC(=O)[C@H](CCCN=C(N)N)NC(=O)c1ccc([N+](=O)[O-])cc1.[Cl-]. The number of hydrogen-bond donors (Lipinski definition) is 5. The monoisotopic (exact) mass is 504 g/mol. The molecule has 2 rings (SSSR count). The first-order valence-electron chi connectivity index (χ1n) is 10.4. The van der Waals surface area contributed by atoms with Crippen molar-refractivity contribution in [2.24, 2.45) is 22.2 Å². The van der Waals surface area contributed by atoms with Crippen molar-refractivity contribution in [3.05, 3.63) is 75.8 Å². The van der Waals surface area contributed by atoms with Gasteiger partial charge in [-0.15, -0.1) is 0 Å². The fraction of sp³-hybridized carbons (Fsp3) is 0.273. The lowest BCUT2D eigenvalue weighted by Crippen LogP contribution is -3.00. The third-order valence-electron chi connectivity index (χ3n) is 4.85.